The van der Waals surface area contributed by atoms with Crippen LogP contribution >= 0.6 is 0 Å². The quantitative estimate of drug-likeness (QED) is 0.748. The van der Waals surface area contributed by atoms with Crippen LogP contribution in [0.1, 0.15) is 52.4 Å². The number of amides is 1. The summed E-state index contributed by atoms with van der Waals surface area (Å²) in [5.41, 5.74) is 5.88. The van der Waals surface area contributed by atoms with Crippen LogP contribution in [-0.4, -0.2) is 18.0 Å². The lowest BCUT2D eigenvalue weighted by molar-refractivity contribution is -0.126. The van der Waals surface area contributed by atoms with E-state index in [-0.39, 0.29) is 16.9 Å². The minimum Gasteiger partial charge on any atom is -0.351 e. The summed E-state index contributed by atoms with van der Waals surface area (Å²) in [6.45, 7) is 4.93. The van der Waals surface area contributed by atoms with Gasteiger partial charge in [0.1, 0.15) is 0 Å². The first-order valence-electron chi connectivity index (χ1n) is 6.49. The second-order valence-corrected chi connectivity index (χ2v) is 6.28. The highest BCUT2D eigenvalue weighted by Gasteiger charge is 2.41. The van der Waals surface area contributed by atoms with Crippen molar-refractivity contribution in [3.8, 4) is 0 Å². The second-order valence-electron chi connectivity index (χ2n) is 6.28. The highest BCUT2D eigenvalue weighted by molar-refractivity contribution is 5.77. The van der Waals surface area contributed by atoms with E-state index in [4.69, 9.17) is 5.73 Å². The van der Waals surface area contributed by atoms with Crippen LogP contribution in [0.15, 0.2) is 0 Å². The molecule has 16 heavy (non-hydrogen) atoms. The molecule has 0 heterocycles. The predicted octanol–water partition coefficient (Wildman–Crippen LogP) is 1.81. The molecule has 3 nitrogen and oxygen atoms in total. The van der Waals surface area contributed by atoms with Crippen molar-refractivity contribution in [1.29, 1.82) is 0 Å². The third-order valence-electron chi connectivity index (χ3n) is 4.44. The molecule has 0 unspecified atom stereocenters. The zero-order valence-corrected chi connectivity index (χ0v) is 10.5. The Morgan fingerprint density at radius 2 is 2.06 bits per heavy atom. The Morgan fingerprint density at radius 1 is 1.44 bits per heavy atom. The molecule has 0 aromatic heterocycles. The molecule has 0 atom stereocenters. The van der Waals surface area contributed by atoms with E-state index in [2.05, 4.69) is 19.2 Å². The lowest BCUT2D eigenvalue weighted by Crippen LogP contribution is -2.49. The van der Waals surface area contributed by atoms with Gasteiger partial charge in [-0.15, -0.1) is 0 Å². The first-order valence-corrected chi connectivity index (χ1v) is 6.49. The minimum absolute atomic E-state index is 0.0172. The predicted molar refractivity (Wildman–Crippen MR) is 64.9 cm³/mol. The van der Waals surface area contributed by atoms with E-state index in [0.717, 1.165) is 12.8 Å². The number of carbonyl (C=O) groups excluding carboxylic acids is 1. The van der Waals surface area contributed by atoms with Crippen LogP contribution in [-0.2, 0) is 4.79 Å². The molecule has 0 spiro atoms. The van der Waals surface area contributed by atoms with E-state index in [1.165, 1.54) is 19.3 Å². The van der Waals surface area contributed by atoms with Gasteiger partial charge in [-0.25, -0.2) is 0 Å². The highest BCUT2D eigenvalue weighted by atomic mass is 16.1. The molecule has 2 rings (SSSR count). The third-order valence-corrected chi connectivity index (χ3v) is 4.44. The molecule has 0 aromatic rings. The SMILES string of the molecule is CC(C)(NC(=O)CC1(CN)CCC1)C1CC1. The maximum atomic E-state index is 12.0. The van der Waals surface area contributed by atoms with Gasteiger partial charge in [0.25, 0.3) is 0 Å². The van der Waals surface area contributed by atoms with Gasteiger partial charge in [-0.2, -0.15) is 0 Å². The lowest BCUT2D eigenvalue weighted by atomic mass is 9.66. The van der Waals surface area contributed by atoms with E-state index in [9.17, 15) is 4.79 Å². The molecule has 3 heteroatoms. The number of hydrogen-bond donors (Lipinski definition) is 2. The van der Waals surface area contributed by atoms with Gasteiger partial charge >= 0.3 is 0 Å². The van der Waals surface area contributed by atoms with Crippen LogP contribution in [0.5, 0.6) is 0 Å². The fourth-order valence-corrected chi connectivity index (χ4v) is 2.78. The van der Waals surface area contributed by atoms with Crippen molar-refractivity contribution in [3.63, 3.8) is 0 Å². The number of carbonyl (C=O) groups is 1. The summed E-state index contributed by atoms with van der Waals surface area (Å²) >= 11 is 0. The normalized spacial score (nSPS) is 23.7. The zero-order valence-electron chi connectivity index (χ0n) is 10.5. The average Bonchev–Trinajstić information content (AvgIpc) is 2.93. The van der Waals surface area contributed by atoms with Crippen LogP contribution < -0.4 is 11.1 Å². The van der Waals surface area contributed by atoms with Crippen molar-refractivity contribution in [3.05, 3.63) is 0 Å². The molecule has 2 aliphatic carbocycles. The van der Waals surface area contributed by atoms with Crippen molar-refractivity contribution >= 4 is 5.91 Å². The molecule has 1 amide bonds. The van der Waals surface area contributed by atoms with Crippen LogP contribution in [0.4, 0.5) is 0 Å². The standard InChI is InChI=1S/C13H24N2O/c1-12(2,10-4-5-10)15-11(16)8-13(9-14)6-3-7-13/h10H,3-9,14H2,1-2H3,(H,15,16). The van der Waals surface area contributed by atoms with Crippen LogP contribution in [0.2, 0.25) is 0 Å². The summed E-state index contributed by atoms with van der Waals surface area (Å²) in [5.74, 6) is 0.883. The van der Waals surface area contributed by atoms with Crippen LogP contribution in [0, 0.1) is 11.3 Å². The molecule has 0 saturated heterocycles. The first kappa shape index (κ1) is 11.9. The molecule has 2 aliphatic rings. The van der Waals surface area contributed by atoms with Crippen molar-refractivity contribution in [2.75, 3.05) is 6.54 Å². The molecule has 3 N–H and O–H groups in total. The summed E-state index contributed by atoms with van der Waals surface area (Å²) < 4.78 is 0. The zero-order chi connectivity index (χ0) is 11.8. The minimum atomic E-state index is -0.0172. The van der Waals surface area contributed by atoms with E-state index in [0.29, 0.717) is 18.9 Å². The van der Waals surface area contributed by atoms with Gasteiger partial charge < -0.3 is 11.1 Å². The summed E-state index contributed by atoms with van der Waals surface area (Å²) in [6.07, 6.45) is 6.63. The molecule has 0 radical (unpaired) electrons. The summed E-state index contributed by atoms with van der Waals surface area (Å²) in [6, 6.07) is 0. The van der Waals surface area contributed by atoms with E-state index >= 15 is 0 Å². The highest BCUT2D eigenvalue weighted by Crippen LogP contribution is 2.43. The Kier molecular flexibility index (Phi) is 2.99. The number of nitrogens with two attached hydrogens (primary N) is 1. The average molecular weight is 224 g/mol. The van der Waals surface area contributed by atoms with Crippen molar-refractivity contribution in [2.45, 2.75) is 57.9 Å². The molecular formula is C13H24N2O. The Balaban J connectivity index is 1.83. The third kappa shape index (κ3) is 2.40. The van der Waals surface area contributed by atoms with Crippen LogP contribution in [0.25, 0.3) is 0 Å². The monoisotopic (exact) mass is 224 g/mol. The first-order chi connectivity index (χ1) is 7.47. The molecule has 0 aromatic carbocycles. The Bertz CT molecular complexity index is 266. The van der Waals surface area contributed by atoms with E-state index in [1.807, 2.05) is 0 Å². The summed E-state index contributed by atoms with van der Waals surface area (Å²) in [4.78, 5) is 12.0. The van der Waals surface area contributed by atoms with Gasteiger partial charge in [0.15, 0.2) is 0 Å². The number of rotatable bonds is 5. The number of hydrogen-bond acceptors (Lipinski definition) is 2. The molecule has 2 saturated carbocycles. The Labute approximate surface area is 98.2 Å². The van der Waals surface area contributed by atoms with Crippen molar-refractivity contribution in [2.24, 2.45) is 17.1 Å². The smallest absolute Gasteiger partial charge is 0.221 e. The van der Waals surface area contributed by atoms with Gasteiger partial charge in [0, 0.05) is 12.0 Å². The second kappa shape index (κ2) is 4.02. The molecule has 92 valence electrons. The van der Waals surface area contributed by atoms with Gasteiger partial charge in [0.2, 0.25) is 5.91 Å². The molecular weight excluding hydrogens is 200 g/mol. The fraction of sp³-hybridized carbons (Fsp3) is 0.923. The Hall–Kier alpha value is -0.570. The summed E-state index contributed by atoms with van der Waals surface area (Å²) in [5, 5.41) is 3.18. The topological polar surface area (TPSA) is 55.1 Å². The maximum Gasteiger partial charge on any atom is 0.221 e. The van der Waals surface area contributed by atoms with Gasteiger partial charge in [-0.3, -0.25) is 4.79 Å². The van der Waals surface area contributed by atoms with E-state index in [1.54, 1.807) is 0 Å². The summed E-state index contributed by atoms with van der Waals surface area (Å²) in [7, 11) is 0. The van der Waals surface area contributed by atoms with Gasteiger partial charge in [0.05, 0.1) is 0 Å². The van der Waals surface area contributed by atoms with Gasteiger partial charge in [-0.1, -0.05) is 6.42 Å². The molecule has 2 fully saturated rings. The van der Waals surface area contributed by atoms with Crippen molar-refractivity contribution < 1.29 is 4.79 Å². The largest absolute Gasteiger partial charge is 0.351 e. The van der Waals surface area contributed by atoms with Crippen molar-refractivity contribution in [1.82, 2.24) is 5.32 Å². The fourth-order valence-electron chi connectivity index (χ4n) is 2.78. The number of nitrogens with one attached hydrogen (secondary N) is 1. The maximum absolute atomic E-state index is 12.0. The lowest BCUT2D eigenvalue weighted by Gasteiger charge is -2.41. The van der Waals surface area contributed by atoms with Crippen LogP contribution in [0.3, 0.4) is 0 Å². The van der Waals surface area contributed by atoms with Gasteiger partial charge in [-0.05, 0) is 57.4 Å². The Morgan fingerprint density at radius 3 is 2.44 bits per heavy atom. The molecule has 0 aliphatic heterocycles. The molecule has 0 bridgehead atoms. The van der Waals surface area contributed by atoms with E-state index < -0.39 is 0 Å².